The Bertz CT molecular complexity index is 610. The Morgan fingerprint density at radius 1 is 1.43 bits per heavy atom. The molecule has 1 aliphatic heterocycles. The fourth-order valence-electron chi connectivity index (χ4n) is 3.61. The molecular formula is C16H20N2O3. The van der Waals surface area contributed by atoms with Gasteiger partial charge >= 0.3 is 0 Å². The van der Waals surface area contributed by atoms with Crippen LogP contribution >= 0.6 is 0 Å². The van der Waals surface area contributed by atoms with Gasteiger partial charge in [0.25, 0.3) is 5.69 Å². The summed E-state index contributed by atoms with van der Waals surface area (Å²) in [5.41, 5.74) is 1.75. The van der Waals surface area contributed by atoms with Crippen LogP contribution in [0, 0.1) is 22.0 Å². The van der Waals surface area contributed by atoms with Gasteiger partial charge in [0, 0.05) is 12.0 Å². The Kier molecular flexibility index (Phi) is 3.35. The first-order chi connectivity index (χ1) is 10.0. The summed E-state index contributed by atoms with van der Waals surface area (Å²) in [7, 11) is 1.54. The molecule has 0 radical (unpaired) electrons. The summed E-state index contributed by atoms with van der Waals surface area (Å²) in [6.45, 7) is 4.32. The molecule has 1 aromatic carbocycles. The van der Waals surface area contributed by atoms with Crippen molar-refractivity contribution in [2.75, 3.05) is 12.4 Å². The fourth-order valence-corrected chi connectivity index (χ4v) is 3.61. The minimum Gasteiger partial charge on any atom is -0.496 e. The second-order valence-corrected chi connectivity index (χ2v) is 6.14. The van der Waals surface area contributed by atoms with Gasteiger partial charge in [-0.1, -0.05) is 26.0 Å². The minimum atomic E-state index is -0.329. The molecule has 21 heavy (non-hydrogen) atoms. The zero-order chi connectivity index (χ0) is 15.1. The molecule has 5 nitrogen and oxygen atoms in total. The molecule has 0 spiro atoms. The van der Waals surface area contributed by atoms with E-state index in [1.165, 1.54) is 6.07 Å². The number of nitrogens with zero attached hydrogens (tertiary/aromatic N) is 1. The summed E-state index contributed by atoms with van der Waals surface area (Å²) >= 11 is 0. The van der Waals surface area contributed by atoms with Crippen LogP contribution in [0.15, 0.2) is 24.3 Å². The van der Waals surface area contributed by atoms with Gasteiger partial charge in [-0.2, -0.15) is 0 Å². The molecule has 1 aliphatic carbocycles. The van der Waals surface area contributed by atoms with Gasteiger partial charge in [-0.25, -0.2) is 0 Å². The molecule has 0 bridgehead atoms. The van der Waals surface area contributed by atoms with E-state index >= 15 is 0 Å². The van der Waals surface area contributed by atoms with Gasteiger partial charge in [0.2, 0.25) is 0 Å². The van der Waals surface area contributed by atoms with E-state index in [2.05, 4.69) is 31.3 Å². The molecule has 0 unspecified atom stereocenters. The van der Waals surface area contributed by atoms with Crippen LogP contribution in [0.25, 0.3) is 0 Å². The lowest BCUT2D eigenvalue weighted by molar-refractivity contribution is -0.384. The highest BCUT2D eigenvalue weighted by Crippen LogP contribution is 2.50. The lowest BCUT2D eigenvalue weighted by atomic mass is 9.75. The summed E-state index contributed by atoms with van der Waals surface area (Å²) in [6.07, 6.45) is 5.39. The van der Waals surface area contributed by atoms with Crippen molar-refractivity contribution in [2.45, 2.75) is 32.2 Å². The van der Waals surface area contributed by atoms with E-state index in [4.69, 9.17) is 4.74 Å². The summed E-state index contributed by atoms with van der Waals surface area (Å²) in [5.74, 6) is 1.67. The lowest BCUT2D eigenvalue weighted by Gasteiger charge is -2.39. The fraction of sp³-hybridized carbons (Fsp3) is 0.500. The molecule has 112 valence electrons. The highest BCUT2D eigenvalue weighted by Gasteiger charge is 2.41. The number of nitrogens with one attached hydrogen (secondary N) is 1. The summed E-state index contributed by atoms with van der Waals surface area (Å²) in [5, 5.41) is 14.8. The Hall–Kier alpha value is -2.04. The highest BCUT2D eigenvalue weighted by atomic mass is 16.6. The van der Waals surface area contributed by atoms with E-state index < -0.39 is 0 Å². The quantitative estimate of drug-likeness (QED) is 0.523. The average Bonchev–Trinajstić information content (AvgIpc) is 2.94. The van der Waals surface area contributed by atoms with Crippen LogP contribution in [0.4, 0.5) is 11.4 Å². The summed E-state index contributed by atoms with van der Waals surface area (Å²) < 4.78 is 5.24. The van der Waals surface area contributed by atoms with Crippen LogP contribution in [0.2, 0.25) is 0 Å². The van der Waals surface area contributed by atoms with Gasteiger partial charge in [-0.15, -0.1) is 0 Å². The largest absolute Gasteiger partial charge is 0.496 e. The first kappa shape index (κ1) is 13.9. The third-order valence-electron chi connectivity index (χ3n) is 4.62. The number of benzene rings is 1. The van der Waals surface area contributed by atoms with E-state index in [-0.39, 0.29) is 22.6 Å². The Morgan fingerprint density at radius 2 is 2.19 bits per heavy atom. The van der Waals surface area contributed by atoms with Crippen molar-refractivity contribution in [1.82, 2.24) is 0 Å². The molecule has 3 rings (SSSR count). The zero-order valence-corrected chi connectivity index (χ0v) is 12.5. The van der Waals surface area contributed by atoms with E-state index in [1.807, 2.05) is 6.07 Å². The highest BCUT2D eigenvalue weighted by molar-refractivity contribution is 5.72. The zero-order valence-electron chi connectivity index (χ0n) is 12.5. The van der Waals surface area contributed by atoms with E-state index in [0.717, 1.165) is 12.0 Å². The van der Waals surface area contributed by atoms with E-state index in [9.17, 15) is 10.1 Å². The average molecular weight is 288 g/mol. The monoisotopic (exact) mass is 288 g/mol. The number of nitro benzene ring substituents is 1. The van der Waals surface area contributed by atoms with Gasteiger partial charge < -0.3 is 10.1 Å². The molecule has 0 fully saturated rings. The Labute approximate surface area is 124 Å². The molecule has 0 saturated heterocycles. The van der Waals surface area contributed by atoms with Crippen molar-refractivity contribution in [3.8, 4) is 5.75 Å². The van der Waals surface area contributed by atoms with Crippen LogP contribution in [-0.2, 0) is 0 Å². The molecule has 1 heterocycles. The normalized spacial score (nSPS) is 26.2. The van der Waals surface area contributed by atoms with Crippen LogP contribution < -0.4 is 10.1 Å². The predicted molar refractivity (Wildman–Crippen MR) is 81.9 cm³/mol. The third-order valence-corrected chi connectivity index (χ3v) is 4.62. The Morgan fingerprint density at radius 3 is 2.81 bits per heavy atom. The van der Waals surface area contributed by atoms with Crippen molar-refractivity contribution in [2.24, 2.45) is 11.8 Å². The molecule has 1 aromatic rings. The van der Waals surface area contributed by atoms with Crippen molar-refractivity contribution in [3.05, 3.63) is 40.0 Å². The number of anilines is 1. The van der Waals surface area contributed by atoms with Crippen LogP contribution in [0.5, 0.6) is 5.75 Å². The van der Waals surface area contributed by atoms with E-state index in [0.29, 0.717) is 23.3 Å². The third kappa shape index (κ3) is 2.17. The van der Waals surface area contributed by atoms with Gasteiger partial charge in [-0.3, -0.25) is 10.1 Å². The second kappa shape index (κ2) is 5.06. The summed E-state index contributed by atoms with van der Waals surface area (Å²) in [4.78, 5) is 11.1. The molecule has 0 aromatic heterocycles. The summed E-state index contributed by atoms with van der Waals surface area (Å²) in [6, 6.07) is 3.69. The van der Waals surface area contributed by atoms with E-state index in [1.54, 1.807) is 7.11 Å². The first-order valence-electron chi connectivity index (χ1n) is 7.32. The number of hydrogen-bond donors (Lipinski definition) is 1. The molecular weight excluding hydrogens is 268 g/mol. The standard InChI is InChI=1S/C16H20N2O3/c1-9(2)15-12-6-4-5-11(12)13-7-10(21-3)8-14(18(19)20)16(13)17-15/h4-5,7-9,11-12,15,17H,6H2,1-3H3/t11-,12+,15+/m1/s1. The van der Waals surface area contributed by atoms with Crippen molar-refractivity contribution >= 4 is 11.4 Å². The van der Waals surface area contributed by atoms with Crippen molar-refractivity contribution < 1.29 is 9.66 Å². The number of nitro groups is 1. The van der Waals surface area contributed by atoms with Gasteiger partial charge in [-0.05, 0) is 29.9 Å². The van der Waals surface area contributed by atoms with Crippen LogP contribution in [0.1, 0.15) is 31.7 Å². The number of allylic oxidation sites excluding steroid dienone is 2. The van der Waals surface area contributed by atoms with Crippen LogP contribution in [0.3, 0.4) is 0 Å². The minimum absolute atomic E-state index is 0.105. The molecule has 1 N–H and O–H groups in total. The lowest BCUT2D eigenvalue weighted by Crippen LogP contribution is -2.39. The molecule has 0 saturated carbocycles. The maximum Gasteiger partial charge on any atom is 0.296 e. The smallest absolute Gasteiger partial charge is 0.296 e. The topological polar surface area (TPSA) is 64.4 Å². The molecule has 5 heteroatoms. The number of methoxy groups -OCH3 is 1. The second-order valence-electron chi connectivity index (χ2n) is 6.14. The van der Waals surface area contributed by atoms with Gasteiger partial charge in [0.05, 0.1) is 18.1 Å². The van der Waals surface area contributed by atoms with Crippen LogP contribution in [-0.4, -0.2) is 18.1 Å². The Balaban J connectivity index is 2.17. The van der Waals surface area contributed by atoms with Gasteiger partial charge in [0.1, 0.15) is 11.4 Å². The molecule has 3 atom stereocenters. The van der Waals surface area contributed by atoms with Crippen molar-refractivity contribution in [3.63, 3.8) is 0 Å². The number of ether oxygens (including phenoxy) is 1. The number of hydrogen-bond acceptors (Lipinski definition) is 4. The van der Waals surface area contributed by atoms with Crippen molar-refractivity contribution in [1.29, 1.82) is 0 Å². The molecule has 2 aliphatic rings. The number of rotatable bonds is 3. The SMILES string of the molecule is COc1cc2c(c([N+](=O)[O-])c1)N[C@@H](C(C)C)[C@H]1CC=C[C@@H]21. The first-order valence-corrected chi connectivity index (χ1v) is 7.32. The predicted octanol–water partition coefficient (Wildman–Crippen LogP) is 3.71. The maximum absolute atomic E-state index is 11.4. The number of fused-ring (bicyclic) bond motifs is 3. The maximum atomic E-state index is 11.4. The molecule has 0 amide bonds. The van der Waals surface area contributed by atoms with Gasteiger partial charge in [0.15, 0.2) is 0 Å².